The summed E-state index contributed by atoms with van der Waals surface area (Å²) < 4.78 is 0. The fraction of sp³-hybridized carbons (Fsp3) is 0.100. The first-order valence-electron chi connectivity index (χ1n) is 3.45. The summed E-state index contributed by atoms with van der Waals surface area (Å²) >= 11 is 0. The van der Waals surface area contributed by atoms with E-state index in [1.165, 1.54) is 0 Å². The van der Waals surface area contributed by atoms with Gasteiger partial charge in [0.15, 0.2) is 0 Å². The van der Waals surface area contributed by atoms with Crippen LogP contribution in [-0.2, 0) is 4.79 Å². The number of rotatable bonds is 2. The van der Waals surface area contributed by atoms with E-state index in [0.717, 1.165) is 17.4 Å². The van der Waals surface area contributed by atoms with Crippen molar-refractivity contribution in [1.29, 1.82) is 0 Å². The van der Waals surface area contributed by atoms with Crippen molar-refractivity contribution < 1.29 is 4.79 Å². The quantitative estimate of drug-likeness (QED) is 0.461. The molecule has 0 saturated heterocycles. The predicted octanol–water partition coefficient (Wildman–Crippen LogP) is 2.21. The van der Waals surface area contributed by atoms with Crippen LogP contribution in [-0.4, -0.2) is 6.29 Å². The molecule has 0 amide bonds. The molecule has 11 heavy (non-hydrogen) atoms. The first-order chi connectivity index (χ1) is 5.24. The van der Waals surface area contributed by atoms with Gasteiger partial charge in [0.05, 0.1) is 0 Å². The molecule has 0 aromatic heterocycles. The summed E-state index contributed by atoms with van der Waals surface area (Å²) in [5.74, 6) is 0. The van der Waals surface area contributed by atoms with Crippen molar-refractivity contribution in [3.63, 3.8) is 0 Å². The van der Waals surface area contributed by atoms with Gasteiger partial charge in [0.2, 0.25) is 0 Å². The Bertz CT molecular complexity index is 287. The summed E-state index contributed by atoms with van der Waals surface area (Å²) in [6.07, 6.45) is 0.773. The SMILES string of the molecule is C=C(C=O)c1cccc(C)c1. The Morgan fingerprint density at radius 1 is 1.55 bits per heavy atom. The van der Waals surface area contributed by atoms with E-state index in [-0.39, 0.29) is 0 Å². The number of benzene rings is 1. The van der Waals surface area contributed by atoms with Gasteiger partial charge in [-0.15, -0.1) is 0 Å². The van der Waals surface area contributed by atoms with Crippen LogP contribution in [0.15, 0.2) is 30.8 Å². The van der Waals surface area contributed by atoms with Gasteiger partial charge in [-0.1, -0.05) is 36.4 Å². The molecule has 56 valence electrons. The zero-order valence-electron chi connectivity index (χ0n) is 6.50. The van der Waals surface area contributed by atoms with Gasteiger partial charge in [0.1, 0.15) is 6.29 Å². The van der Waals surface area contributed by atoms with Crippen molar-refractivity contribution in [3.8, 4) is 0 Å². The molecule has 1 heteroatoms. The predicted molar refractivity (Wildman–Crippen MR) is 46.3 cm³/mol. The molecule has 0 bridgehead atoms. The molecule has 0 unspecified atom stereocenters. The largest absolute Gasteiger partial charge is 0.298 e. The molecule has 1 nitrogen and oxygen atoms in total. The van der Waals surface area contributed by atoms with Gasteiger partial charge < -0.3 is 0 Å². The normalized spacial score (nSPS) is 9.18. The van der Waals surface area contributed by atoms with Gasteiger partial charge in [0, 0.05) is 5.57 Å². The van der Waals surface area contributed by atoms with Gasteiger partial charge in [-0.25, -0.2) is 0 Å². The zero-order valence-corrected chi connectivity index (χ0v) is 6.50. The number of carbonyl (C=O) groups is 1. The third kappa shape index (κ3) is 1.77. The summed E-state index contributed by atoms with van der Waals surface area (Å²) in [4.78, 5) is 10.3. The van der Waals surface area contributed by atoms with E-state index in [4.69, 9.17) is 0 Å². The van der Waals surface area contributed by atoms with Crippen LogP contribution in [0, 0.1) is 6.92 Å². The standard InChI is InChI=1S/C10H10O/c1-8-4-3-5-10(6-8)9(2)7-11/h3-7H,2H2,1H3. The second kappa shape index (κ2) is 3.15. The van der Waals surface area contributed by atoms with E-state index in [0.29, 0.717) is 5.57 Å². The molecule has 0 aliphatic carbocycles. The number of hydrogen-bond acceptors (Lipinski definition) is 1. The number of aldehydes is 1. The summed E-state index contributed by atoms with van der Waals surface area (Å²) in [6, 6.07) is 7.72. The fourth-order valence-electron chi connectivity index (χ4n) is 0.913. The Labute approximate surface area is 66.4 Å². The van der Waals surface area contributed by atoms with Crippen LogP contribution in [0.25, 0.3) is 5.57 Å². The van der Waals surface area contributed by atoms with Crippen molar-refractivity contribution in [2.45, 2.75) is 6.92 Å². The van der Waals surface area contributed by atoms with Gasteiger partial charge >= 0.3 is 0 Å². The Morgan fingerprint density at radius 2 is 2.27 bits per heavy atom. The lowest BCUT2D eigenvalue weighted by atomic mass is 10.1. The maximum atomic E-state index is 10.3. The number of hydrogen-bond donors (Lipinski definition) is 0. The van der Waals surface area contributed by atoms with E-state index in [2.05, 4.69) is 6.58 Å². The molecular weight excluding hydrogens is 136 g/mol. The lowest BCUT2D eigenvalue weighted by molar-refractivity contribution is -0.103. The lowest BCUT2D eigenvalue weighted by Crippen LogP contribution is -1.83. The summed E-state index contributed by atoms with van der Waals surface area (Å²) in [7, 11) is 0. The minimum absolute atomic E-state index is 0.536. The van der Waals surface area contributed by atoms with Crippen LogP contribution in [0.1, 0.15) is 11.1 Å². The van der Waals surface area contributed by atoms with Crippen LogP contribution in [0.5, 0.6) is 0 Å². The highest BCUT2D eigenvalue weighted by atomic mass is 16.1. The maximum absolute atomic E-state index is 10.3. The van der Waals surface area contributed by atoms with Crippen molar-refractivity contribution in [3.05, 3.63) is 42.0 Å². The van der Waals surface area contributed by atoms with Gasteiger partial charge in [0.25, 0.3) is 0 Å². The van der Waals surface area contributed by atoms with E-state index in [1.807, 2.05) is 31.2 Å². The molecule has 1 rings (SSSR count). The van der Waals surface area contributed by atoms with Crippen molar-refractivity contribution >= 4 is 11.9 Å². The van der Waals surface area contributed by atoms with Crippen LogP contribution in [0.4, 0.5) is 0 Å². The average molecular weight is 146 g/mol. The van der Waals surface area contributed by atoms with Gasteiger partial charge in [-0.05, 0) is 12.5 Å². The number of aryl methyl sites for hydroxylation is 1. The Hall–Kier alpha value is -1.37. The minimum atomic E-state index is 0.536. The molecular formula is C10H10O. The molecule has 0 fully saturated rings. The van der Waals surface area contributed by atoms with Gasteiger partial charge in [-0.2, -0.15) is 0 Å². The molecule has 0 heterocycles. The van der Waals surface area contributed by atoms with Crippen LogP contribution in [0.3, 0.4) is 0 Å². The van der Waals surface area contributed by atoms with Gasteiger partial charge in [-0.3, -0.25) is 4.79 Å². The van der Waals surface area contributed by atoms with E-state index >= 15 is 0 Å². The first-order valence-corrected chi connectivity index (χ1v) is 3.45. The summed E-state index contributed by atoms with van der Waals surface area (Å²) in [6.45, 7) is 5.60. The second-order valence-electron chi connectivity index (χ2n) is 2.51. The average Bonchev–Trinajstić information content (AvgIpc) is 2.03. The molecule has 0 radical (unpaired) electrons. The maximum Gasteiger partial charge on any atom is 0.150 e. The Morgan fingerprint density at radius 3 is 2.82 bits per heavy atom. The highest BCUT2D eigenvalue weighted by Gasteiger charge is 1.95. The first kappa shape index (κ1) is 7.73. The molecule has 0 spiro atoms. The van der Waals surface area contributed by atoms with Crippen molar-refractivity contribution in [1.82, 2.24) is 0 Å². The van der Waals surface area contributed by atoms with Crippen LogP contribution < -0.4 is 0 Å². The highest BCUT2D eigenvalue weighted by molar-refractivity contribution is 6.05. The highest BCUT2D eigenvalue weighted by Crippen LogP contribution is 2.10. The Balaban J connectivity index is 3.05. The Kier molecular flexibility index (Phi) is 2.21. The van der Waals surface area contributed by atoms with Crippen molar-refractivity contribution in [2.24, 2.45) is 0 Å². The molecule has 0 atom stereocenters. The second-order valence-corrected chi connectivity index (χ2v) is 2.51. The van der Waals surface area contributed by atoms with Crippen LogP contribution >= 0.6 is 0 Å². The minimum Gasteiger partial charge on any atom is -0.298 e. The molecule has 0 aliphatic heterocycles. The van der Waals surface area contributed by atoms with E-state index in [9.17, 15) is 4.79 Å². The fourth-order valence-corrected chi connectivity index (χ4v) is 0.913. The molecule has 1 aromatic rings. The zero-order chi connectivity index (χ0) is 8.27. The summed E-state index contributed by atoms with van der Waals surface area (Å²) in [5, 5.41) is 0. The van der Waals surface area contributed by atoms with E-state index in [1.54, 1.807) is 0 Å². The van der Waals surface area contributed by atoms with Crippen molar-refractivity contribution in [2.75, 3.05) is 0 Å². The van der Waals surface area contributed by atoms with Crippen LogP contribution in [0.2, 0.25) is 0 Å². The number of allylic oxidation sites excluding steroid dienone is 1. The molecule has 0 N–H and O–H groups in total. The third-order valence-electron chi connectivity index (χ3n) is 1.53. The topological polar surface area (TPSA) is 17.1 Å². The molecule has 0 saturated carbocycles. The third-order valence-corrected chi connectivity index (χ3v) is 1.53. The summed E-state index contributed by atoms with van der Waals surface area (Å²) in [5.41, 5.74) is 2.58. The molecule has 0 aliphatic rings. The number of carbonyl (C=O) groups excluding carboxylic acids is 1. The van der Waals surface area contributed by atoms with E-state index < -0.39 is 0 Å². The molecule has 1 aromatic carbocycles. The lowest BCUT2D eigenvalue weighted by Gasteiger charge is -1.98. The monoisotopic (exact) mass is 146 g/mol. The smallest absolute Gasteiger partial charge is 0.150 e.